The summed E-state index contributed by atoms with van der Waals surface area (Å²) >= 11 is 0. The number of carboxylic acid groups (broad SMARTS) is 1. The van der Waals surface area contributed by atoms with Crippen molar-refractivity contribution in [3.8, 4) is 0 Å². The number of hydrogen-bond donors (Lipinski definition) is 1. The van der Waals surface area contributed by atoms with Crippen LogP contribution >= 0.6 is 0 Å². The molecule has 1 saturated heterocycles. The van der Waals surface area contributed by atoms with Gasteiger partial charge in [0.05, 0.1) is 17.9 Å². The van der Waals surface area contributed by atoms with Crippen molar-refractivity contribution >= 4 is 11.8 Å². The summed E-state index contributed by atoms with van der Waals surface area (Å²) in [6, 6.07) is 0. The summed E-state index contributed by atoms with van der Waals surface area (Å²) in [6.07, 6.45) is 1.43. The highest BCUT2D eigenvalue weighted by Crippen LogP contribution is 2.26. The Morgan fingerprint density at radius 3 is 2.33 bits per heavy atom. The minimum absolute atomic E-state index is 0.0492. The van der Waals surface area contributed by atoms with Gasteiger partial charge in [0.15, 0.2) is 5.82 Å². The van der Waals surface area contributed by atoms with Crippen molar-refractivity contribution in [2.45, 2.75) is 52.7 Å². The lowest BCUT2D eigenvalue weighted by molar-refractivity contribution is -0.00562. The first-order chi connectivity index (χ1) is 9.97. The van der Waals surface area contributed by atoms with Crippen molar-refractivity contribution in [2.75, 3.05) is 18.0 Å². The molecule has 0 aliphatic carbocycles. The standard InChI is InChI=1S/C15H23N3O3/c1-5-11-12(6-2)16-17-14(13(11)15(19)20)18-7-9(3)21-10(4)8-18/h9-10H,5-8H2,1-4H3,(H,19,20). The van der Waals surface area contributed by atoms with Crippen molar-refractivity contribution in [3.05, 3.63) is 16.8 Å². The second-order valence-electron chi connectivity index (χ2n) is 5.50. The Balaban J connectivity index is 2.50. The Hall–Kier alpha value is -1.69. The summed E-state index contributed by atoms with van der Waals surface area (Å²) in [7, 11) is 0. The number of hydrogen-bond acceptors (Lipinski definition) is 5. The average molecular weight is 293 g/mol. The highest BCUT2D eigenvalue weighted by molar-refractivity contribution is 5.95. The molecular weight excluding hydrogens is 270 g/mol. The lowest BCUT2D eigenvalue weighted by Crippen LogP contribution is -2.46. The molecule has 2 atom stereocenters. The van der Waals surface area contributed by atoms with Gasteiger partial charge < -0.3 is 14.7 Å². The van der Waals surface area contributed by atoms with Crippen LogP contribution in [0, 0.1) is 0 Å². The lowest BCUT2D eigenvalue weighted by Gasteiger charge is -2.36. The van der Waals surface area contributed by atoms with E-state index in [9.17, 15) is 9.90 Å². The van der Waals surface area contributed by atoms with Gasteiger partial charge in [0.25, 0.3) is 0 Å². The number of nitrogens with zero attached hydrogens (tertiary/aromatic N) is 3. The summed E-state index contributed by atoms with van der Waals surface area (Å²) in [5.74, 6) is -0.461. The van der Waals surface area contributed by atoms with Gasteiger partial charge in [-0.25, -0.2) is 4.79 Å². The summed E-state index contributed by atoms with van der Waals surface area (Å²) in [5, 5.41) is 18.1. The van der Waals surface area contributed by atoms with Gasteiger partial charge in [-0.15, -0.1) is 5.10 Å². The number of rotatable bonds is 4. The van der Waals surface area contributed by atoms with E-state index >= 15 is 0 Å². The largest absolute Gasteiger partial charge is 0.478 e. The molecule has 0 radical (unpaired) electrons. The third kappa shape index (κ3) is 3.15. The van der Waals surface area contributed by atoms with E-state index in [1.807, 2.05) is 32.6 Å². The Kier molecular flexibility index (Phi) is 4.77. The van der Waals surface area contributed by atoms with Crippen LogP contribution in [0.5, 0.6) is 0 Å². The molecule has 1 aromatic rings. The minimum atomic E-state index is -0.932. The average Bonchev–Trinajstić information content (AvgIpc) is 2.44. The van der Waals surface area contributed by atoms with E-state index in [-0.39, 0.29) is 12.2 Å². The van der Waals surface area contributed by atoms with Crippen molar-refractivity contribution < 1.29 is 14.6 Å². The molecule has 0 saturated carbocycles. The summed E-state index contributed by atoms with van der Waals surface area (Å²) in [5.41, 5.74) is 1.86. The maximum atomic E-state index is 11.7. The van der Waals surface area contributed by atoms with E-state index in [1.54, 1.807) is 0 Å². The number of aromatic carboxylic acids is 1. The Bertz CT molecular complexity index is 523. The fraction of sp³-hybridized carbons (Fsp3) is 0.667. The van der Waals surface area contributed by atoms with E-state index in [4.69, 9.17) is 4.74 Å². The van der Waals surface area contributed by atoms with Crippen molar-refractivity contribution in [3.63, 3.8) is 0 Å². The molecule has 0 amide bonds. The number of anilines is 1. The normalized spacial score (nSPS) is 22.4. The summed E-state index contributed by atoms with van der Waals surface area (Å²) in [6.45, 7) is 9.15. The van der Waals surface area contributed by atoms with Crippen molar-refractivity contribution in [1.29, 1.82) is 0 Å². The molecule has 1 aliphatic heterocycles. The predicted octanol–water partition coefficient (Wildman–Crippen LogP) is 1.91. The van der Waals surface area contributed by atoms with Crippen LogP contribution in [0.25, 0.3) is 0 Å². The van der Waals surface area contributed by atoms with Crippen LogP contribution in [0.3, 0.4) is 0 Å². The van der Waals surface area contributed by atoms with Gasteiger partial charge in [-0.05, 0) is 32.3 Å². The Morgan fingerprint density at radius 1 is 1.24 bits per heavy atom. The van der Waals surface area contributed by atoms with Gasteiger partial charge in [0.1, 0.15) is 5.56 Å². The Morgan fingerprint density at radius 2 is 1.86 bits per heavy atom. The number of aryl methyl sites for hydroxylation is 1. The lowest BCUT2D eigenvalue weighted by atomic mass is 10.0. The number of aromatic nitrogens is 2. The zero-order valence-electron chi connectivity index (χ0n) is 13.1. The van der Waals surface area contributed by atoms with E-state index in [1.165, 1.54) is 0 Å². The maximum absolute atomic E-state index is 11.7. The second-order valence-corrected chi connectivity index (χ2v) is 5.50. The van der Waals surface area contributed by atoms with Crippen LogP contribution in [0.4, 0.5) is 5.82 Å². The molecule has 0 spiro atoms. The van der Waals surface area contributed by atoms with E-state index < -0.39 is 5.97 Å². The third-order valence-corrected chi connectivity index (χ3v) is 3.76. The summed E-state index contributed by atoms with van der Waals surface area (Å²) < 4.78 is 5.70. The molecule has 1 fully saturated rings. The van der Waals surface area contributed by atoms with Crippen LogP contribution in [0.15, 0.2) is 0 Å². The van der Waals surface area contributed by atoms with E-state index in [0.717, 1.165) is 11.3 Å². The van der Waals surface area contributed by atoms with Gasteiger partial charge in [0, 0.05) is 13.1 Å². The number of carbonyl (C=O) groups is 1. The SMILES string of the molecule is CCc1nnc(N2CC(C)OC(C)C2)c(C(=O)O)c1CC. The van der Waals surface area contributed by atoms with Gasteiger partial charge in [-0.1, -0.05) is 13.8 Å². The topological polar surface area (TPSA) is 75.5 Å². The van der Waals surface area contributed by atoms with E-state index in [2.05, 4.69) is 10.2 Å². The molecule has 2 heterocycles. The summed E-state index contributed by atoms with van der Waals surface area (Å²) in [4.78, 5) is 13.7. The third-order valence-electron chi connectivity index (χ3n) is 3.76. The molecular formula is C15H23N3O3. The number of carboxylic acids is 1. The minimum Gasteiger partial charge on any atom is -0.478 e. The molecule has 1 N–H and O–H groups in total. The van der Waals surface area contributed by atoms with Gasteiger partial charge in [-0.2, -0.15) is 5.10 Å². The zero-order valence-corrected chi connectivity index (χ0v) is 13.1. The fourth-order valence-corrected chi connectivity index (χ4v) is 2.96. The smallest absolute Gasteiger partial charge is 0.339 e. The first-order valence-corrected chi connectivity index (χ1v) is 7.49. The molecule has 2 unspecified atom stereocenters. The molecule has 0 bridgehead atoms. The molecule has 2 rings (SSSR count). The maximum Gasteiger partial charge on any atom is 0.339 e. The van der Waals surface area contributed by atoms with Crippen LogP contribution in [-0.2, 0) is 17.6 Å². The zero-order chi connectivity index (χ0) is 15.6. The monoisotopic (exact) mass is 293 g/mol. The molecule has 1 aliphatic rings. The molecule has 116 valence electrons. The molecule has 6 nitrogen and oxygen atoms in total. The second kappa shape index (κ2) is 6.39. The van der Waals surface area contributed by atoms with Crippen molar-refractivity contribution in [1.82, 2.24) is 10.2 Å². The first kappa shape index (κ1) is 15.7. The van der Waals surface area contributed by atoms with E-state index in [0.29, 0.717) is 37.3 Å². The molecule has 1 aromatic heterocycles. The highest BCUT2D eigenvalue weighted by atomic mass is 16.5. The van der Waals surface area contributed by atoms with Crippen LogP contribution in [0.1, 0.15) is 49.3 Å². The molecule has 21 heavy (non-hydrogen) atoms. The fourth-order valence-electron chi connectivity index (χ4n) is 2.96. The molecule has 6 heteroatoms. The van der Waals surface area contributed by atoms with Crippen LogP contribution < -0.4 is 4.90 Å². The van der Waals surface area contributed by atoms with Gasteiger partial charge in [0.2, 0.25) is 0 Å². The quantitative estimate of drug-likeness (QED) is 0.914. The number of morpholine rings is 1. The van der Waals surface area contributed by atoms with Gasteiger partial charge >= 0.3 is 5.97 Å². The molecule has 0 aromatic carbocycles. The number of ether oxygens (including phenoxy) is 1. The van der Waals surface area contributed by atoms with Crippen LogP contribution in [0.2, 0.25) is 0 Å². The predicted molar refractivity (Wildman–Crippen MR) is 80.0 cm³/mol. The van der Waals surface area contributed by atoms with Crippen LogP contribution in [-0.4, -0.2) is 46.6 Å². The first-order valence-electron chi connectivity index (χ1n) is 7.49. The van der Waals surface area contributed by atoms with Gasteiger partial charge in [-0.3, -0.25) is 0 Å². The van der Waals surface area contributed by atoms with Crippen molar-refractivity contribution in [2.24, 2.45) is 0 Å². The highest BCUT2D eigenvalue weighted by Gasteiger charge is 2.29. The Labute approximate surface area is 125 Å².